The zero-order valence-corrected chi connectivity index (χ0v) is 24.0. The molecule has 1 N–H and O–H groups in total. The van der Waals surface area contributed by atoms with Crippen LogP contribution in [0, 0.1) is 6.92 Å². The normalized spacial score (nSPS) is 14.4. The maximum Gasteiger partial charge on any atom is 0.573 e. The summed E-state index contributed by atoms with van der Waals surface area (Å²) in [7, 11) is 0. The van der Waals surface area contributed by atoms with Gasteiger partial charge in [-0.05, 0) is 73.4 Å². The second kappa shape index (κ2) is 12.7. The Bertz CT molecular complexity index is 1600. The number of hydrogen-bond acceptors (Lipinski definition) is 6. The summed E-state index contributed by atoms with van der Waals surface area (Å²) in [4.78, 5) is 22.9. The third kappa shape index (κ3) is 7.34. The standard InChI is InChI=1S/C29H25F3N6O2S2/c1-19-5-2-3-7-24(19)38-25(39)17-42-28(38)35-27(41)33-16-4-6-20-8-10-21(11-9-20)26-34-18-37(36-26)22-12-14-23(15-13-22)40-29(30,31)32/h2-3,5,7-15,18H,4,6,16-17H2,1H3,(H,33,41). The van der Waals surface area contributed by atoms with Crippen molar-refractivity contribution in [2.75, 3.05) is 17.2 Å². The number of aromatic nitrogens is 3. The third-order valence-corrected chi connectivity index (χ3v) is 7.44. The van der Waals surface area contributed by atoms with Crippen LogP contribution >= 0.6 is 24.0 Å². The van der Waals surface area contributed by atoms with E-state index in [1.165, 1.54) is 47.0 Å². The minimum absolute atomic E-state index is 0.0186. The smallest absolute Gasteiger partial charge is 0.406 e. The molecule has 5 rings (SSSR count). The SMILES string of the molecule is Cc1ccccc1N1C(=O)CSC1=NC(=S)NCCCc1ccc(-c2ncn(-c3ccc(OC(F)(F)F)cc3)n2)cc1. The van der Waals surface area contributed by atoms with E-state index in [1.54, 1.807) is 4.90 Å². The number of anilines is 1. The van der Waals surface area contributed by atoms with E-state index >= 15 is 0 Å². The minimum Gasteiger partial charge on any atom is -0.406 e. The Balaban J connectivity index is 1.11. The average Bonchev–Trinajstić information content (AvgIpc) is 3.59. The molecule has 0 unspecified atom stereocenters. The van der Waals surface area contributed by atoms with E-state index in [2.05, 4.69) is 25.1 Å². The van der Waals surface area contributed by atoms with E-state index in [-0.39, 0.29) is 11.7 Å². The van der Waals surface area contributed by atoms with Gasteiger partial charge in [-0.25, -0.2) is 9.67 Å². The molecule has 8 nitrogen and oxygen atoms in total. The molecule has 3 aromatic carbocycles. The number of carbonyl (C=O) groups is 1. The number of nitrogens with zero attached hydrogens (tertiary/aromatic N) is 5. The van der Waals surface area contributed by atoms with Crippen molar-refractivity contribution >= 4 is 45.9 Å². The first kappa shape index (κ1) is 29.3. The van der Waals surface area contributed by atoms with Gasteiger partial charge in [0.05, 0.1) is 17.1 Å². The van der Waals surface area contributed by atoms with Crippen LogP contribution in [0.1, 0.15) is 17.5 Å². The molecule has 2 heterocycles. The number of aliphatic imine (C=N–C) groups is 1. The van der Waals surface area contributed by atoms with Crippen LogP contribution in [-0.2, 0) is 11.2 Å². The van der Waals surface area contributed by atoms with Crippen molar-refractivity contribution in [1.29, 1.82) is 0 Å². The fraction of sp³-hybridized carbons (Fsp3) is 0.207. The number of amides is 1. The number of thiocarbonyl (C=S) groups is 1. The Labute approximate surface area is 249 Å². The van der Waals surface area contributed by atoms with Crippen LogP contribution in [0.5, 0.6) is 5.75 Å². The Kier molecular flexibility index (Phi) is 8.88. The zero-order chi connectivity index (χ0) is 29.7. The topological polar surface area (TPSA) is 84.6 Å². The lowest BCUT2D eigenvalue weighted by Crippen LogP contribution is -2.32. The predicted octanol–water partition coefficient (Wildman–Crippen LogP) is 6.08. The summed E-state index contributed by atoms with van der Waals surface area (Å²) >= 11 is 6.79. The summed E-state index contributed by atoms with van der Waals surface area (Å²) in [6, 6.07) is 20.9. The van der Waals surface area contributed by atoms with Crippen molar-refractivity contribution in [3.63, 3.8) is 0 Å². The fourth-order valence-corrected chi connectivity index (χ4v) is 5.36. The van der Waals surface area contributed by atoms with Gasteiger partial charge in [0.1, 0.15) is 12.1 Å². The summed E-state index contributed by atoms with van der Waals surface area (Å²) in [5.74, 6) is 0.498. The minimum atomic E-state index is -4.74. The number of hydrogen-bond donors (Lipinski definition) is 1. The molecule has 0 spiro atoms. The van der Waals surface area contributed by atoms with Crippen LogP contribution in [0.3, 0.4) is 0 Å². The van der Waals surface area contributed by atoms with Gasteiger partial charge in [-0.2, -0.15) is 4.99 Å². The second-order valence-electron chi connectivity index (χ2n) is 9.29. The van der Waals surface area contributed by atoms with E-state index in [0.717, 1.165) is 35.2 Å². The molecule has 42 heavy (non-hydrogen) atoms. The van der Waals surface area contributed by atoms with Gasteiger partial charge in [0.2, 0.25) is 5.91 Å². The van der Waals surface area contributed by atoms with Gasteiger partial charge < -0.3 is 10.1 Å². The van der Waals surface area contributed by atoms with Gasteiger partial charge in [0.25, 0.3) is 0 Å². The maximum absolute atomic E-state index is 12.5. The molecule has 0 radical (unpaired) electrons. The van der Waals surface area contributed by atoms with Crippen molar-refractivity contribution in [2.24, 2.45) is 4.99 Å². The number of halogens is 3. The van der Waals surface area contributed by atoms with Gasteiger partial charge in [0, 0.05) is 12.1 Å². The zero-order valence-electron chi connectivity index (χ0n) is 22.3. The van der Waals surface area contributed by atoms with Gasteiger partial charge >= 0.3 is 6.36 Å². The van der Waals surface area contributed by atoms with E-state index < -0.39 is 6.36 Å². The molecule has 0 bridgehead atoms. The summed E-state index contributed by atoms with van der Waals surface area (Å²) in [5.41, 5.74) is 4.29. The van der Waals surface area contributed by atoms with Crippen LogP contribution in [-0.4, -0.2) is 49.6 Å². The summed E-state index contributed by atoms with van der Waals surface area (Å²) < 4.78 is 42.5. The number of ether oxygens (including phenoxy) is 1. The molecular weight excluding hydrogens is 585 g/mol. The highest BCUT2D eigenvalue weighted by Gasteiger charge is 2.31. The molecule has 1 aliphatic rings. The second-order valence-corrected chi connectivity index (χ2v) is 10.6. The Morgan fingerprint density at radius 1 is 1.10 bits per heavy atom. The highest BCUT2D eigenvalue weighted by molar-refractivity contribution is 8.15. The van der Waals surface area contributed by atoms with Crippen LogP contribution < -0.4 is 15.0 Å². The number of thioether (sulfide) groups is 1. The van der Waals surface area contributed by atoms with E-state index in [9.17, 15) is 18.0 Å². The molecule has 0 aliphatic carbocycles. The van der Waals surface area contributed by atoms with Gasteiger partial charge in [-0.15, -0.1) is 18.3 Å². The Morgan fingerprint density at radius 3 is 2.55 bits per heavy atom. The van der Waals surface area contributed by atoms with Crippen molar-refractivity contribution in [2.45, 2.75) is 26.1 Å². The van der Waals surface area contributed by atoms with Crippen LogP contribution in [0.4, 0.5) is 18.9 Å². The predicted molar refractivity (Wildman–Crippen MR) is 161 cm³/mol. The monoisotopic (exact) mass is 610 g/mol. The van der Waals surface area contributed by atoms with Crippen molar-refractivity contribution < 1.29 is 22.7 Å². The molecule has 216 valence electrons. The molecule has 13 heteroatoms. The first-order valence-corrected chi connectivity index (χ1v) is 14.3. The van der Waals surface area contributed by atoms with E-state index in [0.29, 0.717) is 34.1 Å². The number of nitrogens with one attached hydrogen (secondary N) is 1. The van der Waals surface area contributed by atoms with Crippen molar-refractivity contribution in [3.8, 4) is 22.8 Å². The molecule has 1 aliphatic heterocycles. The van der Waals surface area contributed by atoms with E-state index in [4.69, 9.17) is 12.2 Å². The molecule has 4 aromatic rings. The van der Waals surface area contributed by atoms with E-state index in [1.807, 2.05) is 55.5 Å². The van der Waals surface area contributed by atoms with Crippen LogP contribution in [0.15, 0.2) is 84.1 Å². The Hall–Kier alpha value is -4.23. The number of benzene rings is 3. The largest absolute Gasteiger partial charge is 0.573 e. The molecular formula is C29H25F3N6O2S2. The first-order chi connectivity index (χ1) is 20.2. The van der Waals surface area contributed by atoms with Crippen LogP contribution in [0.2, 0.25) is 0 Å². The molecule has 1 saturated heterocycles. The van der Waals surface area contributed by atoms with Crippen molar-refractivity contribution in [3.05, 3.63) is 90.3 Å². The van der Waals surface area contributed by atoms with Gasteiger partial charge in [-0.1, -0.05) is 54.2 Å². The lowest BCUT2D eigenvalue weighted by molar-refractivity contribution is -0.274. The lowest BCUT2D eigenvalue weighted by Gasteiger charge is -2.18. The first-order valence-electron chi connectivity index (χ1n) is 12.9. The maximum atomic E-state index is 12.5. The number of amidine groups is 1. The molecule has 1 fully saturated rings. The van der Waals surface area contributed by atoms with Gasteiger partial charge in [0.15, 0.2) is 16.1 Å². The quantitative estimate of drug-likeness (QED) is 0.191. The number of aryl methyl sites for hydroxylation is 2. The fourth-order valence-electron chi connectivity index (χ4n) is 4.25. The molecule has 1 amide bonds. The highest BCUT2D eigenvalue weighted by atomic mass is 32.2. The molecule has 1 aromatic heterocycles. The number of carbonyl (C=O) groups excluding carboxylic acids is 1. The Morgan fingerprint density at radius 2 is 1.83 bits per heavy atom. The number of rotatable bonds is 8. The lowest BCUT2D eigenvalue weighted by atomic mass is 10.1. The summed E-state index contributed by atoms with van der Waals surface area (Å²) in [6.07, 6.45) is -1.61. The highest BCUT2D eigenvalue weighted by Crippen LogP contribution is 2.29. The third-order valence-electron chi connectivity index (χ3n) is 6.28. The number of para-hydroxylation sites is 1. The van der Waals surface area contributed by atoms with Crippen LogP contribution in [0.25, 0.3) is 17.1 Å². The number of alkyl halides is 3. The average molecular weight is 611 g/mol. The van der Waals surface area contributed by atoms with Crippen molar-refractivity contribution in [1.82, 2.24) is 20.1 Å². The summed E-state index contributed by atoms with van der Waals surface area (Å²) in [5, 5.41) is 8.51. The molecule has 0 atom stereocenters. The molecule has 0 saturated carbocycles. The van der Waals surface area contributed by atoms with Gasteiger partial charge in [-0.3, -0.25) is 9.69 Å². The summed E-state index contributed by atoms with van der Waals surface area (Å²) in [6.45, 7) is 2.58.